The van der Waals surface area contributed by atoms with Gasteiger partial charge in [-0.1, -0.05) is 6.07 Å². The molecule has 0 fully saturated rings. The number of thioether (sulfide) groups is 1. The summed E-state index contributed by atoms with van der Waals surface area (Å²) in [6, 6.07) is 11.8. The fraction of sp³-hybridized carbons (Fsp3) is 0.222. The summed E-state index contributed by atoms with van der Waals surface area (Å²) in [6.07, 6.45) is 3.54. The van der Waals surface area contributed by atoms with E-state index in [0.29, 0.717) is 17.0 Å². The van der Waals surface area contributed by atoms with Crippen LogP contribution in [-0.4, -0.2) is 21.6 Å². The van der Waals surface area contributed by atoms with Crippen LogP contribution in [0, 0.1) is 0 Å². The Morgan fingerprint density at radius 3 is 2.79 bits per heavy atom. The molecule has 5 nitrogen and oxygen atoms in total. The fourth-order valence-corrected chi connectivity index (χ4v) is 3.85. The first-order valence-electron chi connectivity index (χ1n) is 7.94. The Balaban J connectivity index is 1.39. The van der Waals surface area contributed by atoms with Crippen molar-refractivity contribution >= 4 is 34.4 Å². The van der Waals surface area contributed by atoms with Crippen LogP contribution < -0.4 is 11.0 Å². The van der Waals surface area contributed by atoms with Crippen molar-refractivity contribution < 1.29 is 4.79 Å². The summed E-state index contributed by atoms with van der Waals surface area (Å²) in [7, 11) is 0. The Morgan fingerprint density at radius 1 is 1.04 bits per heavy atom. The first-order chi connectivity index (χ1) is 11.7. The summed E-state index contributed by atoms with van der Waals surface area (Å²) in [6.45, 7) is 0. The third-order valence-corrected chi connectivity index (χ3v) is 5.23. The molecule has 1 aliphatic carbocycles. The standard InChI is InChI=1S/C18H17N3O2S/c22-17(10-24-14-6-4-11-2-1-3-12(11)8-14)19-13-5-7-15-16(9-13)21-18(23)20-15/h4-9H,1-3,10H2,(H,19,22)(H2,20,21,23). The fourth-order valence-electron chi connectivity index (χ4n) is 3.09. The molecule has 0 spiro atoms. The van der Waals surface area contributed by atoms with Crippen molar-refractivity contribution in [2.24, 2.45) is 0 Å². The summed E-state index contributed by atoms with van der Waals surface area (Å²) in [5, 5.41) is 2.87. The quantitative estimate of drug-likeness (QED) is 0.639. The largest absolute Gasteiger partial charge is 0.325 e. The van der Waals surface area contributed by atoms with Crippen molar-refractivity contribution in [2.45, 2.75) is 24.2 Å². The number of fused-ring (bicyclic) bond motifs is 2. The lowest BCUT2D eigenvalue weighted by Crippen LogP contribution is -2.13. The van der Waals surface area contributed by atoms with Gasteiger partial charge in [0.05, 0.1) is 16.8 Å². The molecule has 6 heteroatoms. The predicted molar refractivity (Wildman–Crippen MR) is 96.7 cm³/mol. The maximum atomic E-state index is 12.1. The van der Waals surface area contributed by atoms with Crippen LogP contribution in [0.2, 0.25) is 0 Å². The number of rotatable bonds is 4. The van der Waals surface area contributed by atoms with Crippen LogP contribution in [0.4, 0.5) is 5.69 Å². The highest BCUT2D eigenvalue weighted by Gasteiger charge is 2.12. The molecule has 0 unspecified atom stereocenters. The van der Waals surface area contributed by atoms with Gasteiger partial charge in [0.15, 0.2) is 0 Å². The lowest BCUT2D eigenvalue weighted by molar-refractivity contribution is -0.113. The number of benzene rings is 2. The van der Waals surface area contributed by atoms with Gasteiger partial charge < -0.3 is 15.3 Å². The molecule has 1 heterocycles. The zero-order chi connectivity index (χ0) is 16.5. The van der Waals surface area contributed by atoms with E-state index in [2.05, 4.69) is 33.5 Å². The van der Waals surface area contributed by atoms with Crippen LogP contribution in [0.15, 0.2) is 46.1 Å². The lowest BCUT2D eigenvalue weighted by Gasteiger charge is -2.07. The second kappa shape index (κ2) is 6.20. The Hall–Kier alpha value is -2.47. The molecular formula is C18H17N3O2S. The molecule has 2 aromatic carbocycles. The number of imidazole rings is 1. The van der Waals surface area contributed by atoms with Crippen molar-refractivity contribution in [3.05, 3.63) is 58.0 Å². The first-order valence-corrected chi connectivity index (χ1v) is 8.92. The van der Waals surface area contributed by atoms with Crippen LogP contribution in [0.25, 0.3) is 11.0 Å². The lowest BCUT2D eigenvalue weighted by atomic mass is 10.1. The van der Waals surface area contributed by atoms with Gasteiger partial charge in [-0.3, -0.25) is 4.79 Å². The van der Waals surface area contributed by atoms with Gasteiger partial charge in [-0.2, -0.15) is 0 Å². The number of amides is 1. The zero-order valence-electron chi connectivity index (χ0n) is 13.0. The average Bonchev–Trinajstić information content (AvgIpc) is 3.17. The SMILES string of the molecule is O=C(CSc1ccc2c(c1)CCC2)Nc1ccc2[nH]c(=O)[nH]c2c1. The summed E-state index contributed by atoms with van der Waals surface area (Å²) >= 11 is 1.55. The van der Waals surface area contributed by atoms with Crippen LogP contribution in [0.1, 0.15) is 17.5 Å². The number of carbonyl (C=O) groups excluding carboxylic acids is 1. The molecule has 1 amide bonds. The second-order valence-corrected chi connectivity index (χ2v) is 7.01. The van der Waals surface area contributed by atoms with Crippen molar-refractivity contribution in [2.75, 3.05) is 11.1 Å². The Morgan fingerprint density at radius 2 is 1.88 bits per heavy atom. The van der Waals surface area contributed by atoms with Gasteiger partial charge in [-0.25, -0.2) is 4.79 Å². The van der Waals surface area contributed by atoms with Gasteiger partial charge in [0.25, 0.3) is 0 Å². The van der Waals surface area contributed by atoms with E-state index in [4.69, 9.17) is 0 Å². The number of aromatic amines is 2. The first kappa shape index (κ1) is 15.1. The van der Waals surface area contributed by atoms with Crippen LogP contribution in [0.5, 0.6) is 0 Å². The van der Waals surface area contributed by atoms with Crippen molar-refractivity contribution in [3.63, 3.8) is 0 Å². The highest BCUT2D eigenvalue weighted by atomic mass is 32.2. The van der Waals surface area contributed by atoms with Crippen LogP contribution in [0.3, 0.4) is 0 Å². The molecular weight excluding hydrogens is 322 g/mol. The van der Waals surface area contributed by atoms with Gasteiger partial charge in [0, 0.05) is 10.6 Å². The van der Waals surface area contributed by atoms with E-state index in [1.54, 1.807) is 30.0 Å². The highest BCUT2D eigenvalue weighted by Crippen LogP contribution is 2.27. The van der Waals surface area contributed by atoms with Crippen molar-refractivity contribution in [1.29, 1.82) is 0 Å². The second-order valence-electron chi connectivity index (χ2n) is 5.96. The van der Waals surface area contributed by atoms with Crippen molar-refractivity contribution in [3.8, 4) is 0 Å². The Kier molecular flexibility index (Phi) is 3.90. The van der Waals surface area contributed by atoms with Gasteiger partial charge in [-0.05, 0) is 60.7 Å². The summed E-state index contributed by atoms with van der Waals surface area (Å²) in [4.78, 5) is 29.9. The predicted octanol–water partition coefficient (Wildman–Crippen LogP) is 3.08. The highest BCUT2D eigenvalue weighted by molar-refractivity contribution is 8.00. The third-order valence-electron chi connectivity index (χ3n) is 4.24. The number of carbonyl (C=O) groups is 1. The molecule has 3 N–H and O–H groups in total. The number of nitrogens with one attached hydrogen (secondary N) is 3. The zero-order valence-corrected chi connectivity index (χ0v) is 13.8. The molecule has 122 valence electrons. The van der Waals surface area contributed by atoms with E-state index < -0.39 is 0 Å². The normalized spacial score (nSPS) is 13.2. The van der Waals surface area contributed by atoms with E-state index in [9.17, 15) is 9.59 Å². The van der Waals surface area contributed by atoms with Gasteiger partial charge in [0.2, 0.25) is 5.91 Å². The monoisotopic (exact) mass is 339 g/mol. The topological polar surface area (TPSA) is 77.8 Å². The molecule has 0 radical (unpaired) electrons. The molecule has 3 aromatic rings. The minimum Gasteiger partial charge on any atom is -0.325 e. The number of hydrogen-bond donors (Lipinski definition) is 3. The van der Waals surface area contributed by atoms with Crippen molar-refractivity contribution in [1.82, 2.24) is 9.97 Å². The molecule has 0 saturated carbocycles. The van der Waals surface area contributed by atoms with Gasteiger partial charge in [0.1, 0.15) is 0 Å². The van der Waals surface area contributed by atoms with E-state index in [0.717, 1.165) is 16.8 Å². The smallest absolute Gasteiger partial charge is 0.323 e. The minimum absolute atomic E-state index is 0.0577. The molecule has 0 atom stereocenters. The summed E-state index contributed by atoms with van der Waals surface area (Å²) in [5.41, 5.74) is 4.70. The number of aromatic nitrogens is 2. The van der Waals surface area contributed by atoms with E-state index >= 15 is 0 Å². The Bertz CT molecular complexity index is 974. The van der Waals surface area contributed by atoms with Crippen LogP contribution in [-0.2, 0) is 17.6 Å². The average molecular weight is 339 g/mol. The molecule has 0 aliphatic heterocycles. The molecule has 0 saturated heterocycles. The summed E-state index contributed by atoms with van der Waals surface area (Å²) in [5.74, 6) is 0.304. The maximum Gasteiger partial charge on any atom is 0.323 e. The Labute approximate surface area is 142 Å². The number of hydrogen-bond acceptors (Lipinski definition) is 3. The molecule has 0 bridgehead atoms. The molecule has 24 heavy (non-hydrogen) atoms. The minimum atomic E-state index is -0.249. The molecule has 1 aliphatic rings. The van der Waals surface area contributed by atoms with E-state index in [1.165, 1.54) is 24.0 Å². The molecule has 1 aromatic heterocycles. The van der Waals surface area contributed by atoms with E-state index in [1.807, 2.05) is 0 Å². The maximum absolute atomic E-state index is 12.1. The van der Waals surface area contributed by atoms with Gasteiger partial charge >= 0.3 is 5.69 Å². The van der Waals surface area contributed by atoms with Crippen LogP contribution >= 0.6 is 11.8 Å². The third kappa shape index (κ3) is 3.10. The molecule has 4 rings (SSSR count). The number of aryl methyl sites for hydroxylation is 2. The van der Waals surface area contributed by atoms with E-state index in [-0.39, 0.29) is 11.6 Å². The summed E-state index contributed by atoms with van der Waals surface area (Å²) < 4.78 is 0. The van der Waals surface area contributed by atoms with Gasteiger partial charge in [-0.15, -0.1) is 11.8 Å². The number of H-pyrrole nitrogens is 2. The number of anilines is 1.